The molecule has 1 aromatic heterocycles. The number of unbranched alkanes of at least 4 members (excludes halogenated alkanes) is 3. The van der Waals surface area contributed by atoms with Crippen molar-refractivity contribution >= 4 is 5.96 Å². The molecule has 0 aliphatic carbocycles. The molecular weight excluding hydrogens is 312 g/mol. The quantitative estimate of drug-likeness (QED) is 0.366. The van der Waals surface area contributed by atoms with Gasteiger partial charge in [0.25, 0.3) is 5.56 Å². The van der Waals surface area contributed by atoms with Gasteiger partial charge in [0.15, 0.2) is 5.96 Å². The number of pyridine rings is 1. The molecule has 0 saturated carbocycles. The summed E-state index contributed by atoms with van der Waals surface area (Å²) >= 11 is 0. The van der Waals surface area contributed by atoms with E-state index in [4.69, 9.17) is 0 Å². The van der Waals surface area contributed by atoms with E-state index in [1.54, 1.807) is 6.07 Å². The van der Waals surface area contributed by atoms with Crippen molar-refractivity contribution in [2.24, 2.45) is 4.99 Å². The van der Waals surface area contributed by atoms with Crippen molar-refractivity contribution in [3.63, 3.8) is 0 Å². The van der Waals surface area contributed by atoms with Gasteiger partial charge >= 0.3 is 0 Å². The molecule has 0 amide bonds. The SMILES string of the molecule is CCCCCC(C)NC(=NCCCCn1c(C)cccc1=O)NCC. The van der Waals surface area contributed by atoms with Gasteiger partial charge < -0.3 is 15.2 Å². The summed E-state index contributed by atoms with van der Waals surface area (Å²) in [7, 11) is 0. The van der Waals surface area contributed by atoms with Crippen molar-refractivity contribution in [2.75, 3.05) is 13.1 Å². The van der Waals surface area contributed by atoms with E-state index in [1.165, 1.54) is 25.7 Å². The van der Waals surface area contributed by atoms with Crippen LogP contribution in [-0.2, 0) is 6.54 Å². The van der Waals surface area contributed by atoms with Crippen LogP contribution in [0.3, 0.4) is 0 Å². The lowest BCUT2D eigenvalue weighted by molar-refractivity contribution is 0.545. The third-order valence-electron chi connectivity index (χ3n) is 4.30. The van der Waals surface area contributed by atoms with Crippen molar-refractivity contribution in [3.8, 4) is 0 Å². The van der Waals surface area contributed by atoms with E-state index < -0.39 is 0 Å². The fourth-order valence-corrected chi connectivity index (χ4v) is 2.81. The van der Waals surface area contributed by atoms with E-state index in [2.05, 4.69) is 36.4 Å². The van der Waals surface area contributed by atoms with Gasteiger partial charge in [0.2, 0.25) is 0 Å². The summed E-state index contributed by atoms with van der Waals surface area (Å²) in [5, 5.41) is 6.80. The number of nitrogens with one attached hydrogen (secondary N) is 2. The molecule has 5 heteroatoms. The Balaban J connectivity index is 2.38. The first-order chi connectivity index (χ1) is 12.1. The lowest BCUT2D eigenvalue weighted by Gasteiger charge is -2.17. The van der Waals surface area contributed by atoms with Gasteiger partial charge in [0.05, 0.1) is 0 Å². The summed E-state index contributed by atoms with van der Waals surface area (Å²) in [4.78, 5) is 16.5. The van der Waals surface area contributed by atoms with Crippen LogP contribution in [0.15, 0.2) is 28.0 Å². The third-order valence-corrected chi connectivity index (χ3v) is 4.30. The number of hydrogen-bond acceptors (Lipinski definition) is 2. The van der Waals surface area contributed by atoms with Gasteiger partial charge in [-0.2, -0.15) is 0 Å². The highest BCUT2D eigenvalue weighted by molar-refractivity contribution is 5.79. The minimum atomic E-state index is 0.0828. The minimum absolute atomic E-state index is 0.0828. The third kappa shape index (κ3) is 8.75. The van der Waals surface area contributed by atoms with Crippen LogP contribution < -0.4 is 16.2 Å². The molecule has 0 aliphatic heterocycles. The summed E-state index contributed by atoms with van der Waals surface area (Å²) in [6, 6.07) is 5.86. The maximum atomic E-state index is 11.8. The van der Waals surface area contributed by atoms with E-state index in [-0.39, 0.29) is 5.56 Å². The lowest BCUT2D eigenvalue weighted by atomic mass is 10.1. The van der Waals surface area contributed by atoms with Gasteiger partial charge in [-0.1, -0.05) is 32.3 Å². The molecule has 1 unspecified atom stereocenters. The molecule has 142 valence electrons. The summed E-state index contributed by atoms with van der Waals surface area (Å²) in [5.41, 5.74) is 1.10. The largest absolute Gasteiger partial charge is 0.357 e. The second-order valence-electron chi connectivity index (χ2n) is 6.67. The van der Waals surface area contributed by atoms with Crippen LogP contribution in [0.4, 0.5) is 0 Å². The van der Waals surface area contributed by atoms with E-state index in [0.29, 0.717) is 6.04 Å². The summed E-state index contributed by atoms with van der Waals surface area (Å²) in [5.74, 6) is 0.902. The predicted octanol–water partition coefficient (Wildman–Crippen LogP) is 3.46. The molecule has 0 fully saturated rings. The fraction of sp³-hybridized carbons (Fsp3) is 0.700. The van der Waals surface area contributed by atoms with E-state index in [9.17, 15) is 4.79 Å². The van der Waals surface area contributed by atoms with Crippen molar-refractivity contribution in [1.29, 1.82) is 0 Å². The first kappa shape index (κ1) is 21.3. The first-order valence-corrected chi connectivity index (χ1v) is 9.79. The van der Waals surface area contributed by atoms with Crippen molar-refractivity contribution < 1.29 is 0 Å². The fourth-order valence-electron chi connectivity index (χ4n) is 2.81. The Morgan fingerprint density at radius 3 is 2.68 bits per heavy atom. The Bertz CT molecular complexity index is 565. The van der Waals surface area contributed by atoms with Crippen LogP contribution in [0.1, 0.15) is 65.0 Å². The van der Waals surface area contributed by atoms with E-state index in [0.717, 1.165) is 44.1 Å². The molecule has 2 N–H and O–H groups in total. The zero-order valence-electron chi connectivity index (χ0n) is 16.5. The van der Waals surface area contributed by atoms with E-state index >= 15 is 0 Å². The Morgan fingerprint density at radius 2 is 2.00 bits per heavy atom. The van der Waals surface area contributed by atoms with Crippen LogP contribution in [0.2, 0.25) is 0 Å². The molecule has 1 aromatic rings. The van der Waals surface area contributed by atoms with Gasteiger partial charge in [-0.15, -0.1) is 0 Å². The second kappa shape index (κ2) is 12.6. The Hall–Kier alpha value is -1.78. The average molecular weight is 349 g/mol. The topological polar surface area (TPSA) is 58.4 Å². The van der Waals surface area contributed by atoms with Gasteiger partial charge in [-0.05, 0) is 46.1 Å². The molecule has 0 bridgehead atoms. The number of guanidine groups is 1. The zero-order valence-corrected chi connectivity index (χ0v) is 16.5. The van der Waals surface area contributed by atoms with Crippen LogP contribution in [0.25, 0.3) is 0 Å². The normalized spacial score (nSPS) is 12.9. The van der Waals surface area contributed by atoms with Gasteiger partial charge in [-0.3, -0.25) is 9.79 Å². The molecule has 25 heavy (non-hydrogen) atoms. The first-order valence-electron chi connectivity index (χ1n) is 9.79. The Kier molecular flexibility index (Phi) is 10.7. The summed E-state index contributed by atoms with van der Waals surface area (Å²) < 4.78 is 1.84. The number of aryl methyl sites for hydroxylation is 1. The molecule has 0 aliphatic rings. The number of rotatable bonds is 11. The standard InChI is InChI=1S/C20H36N4O/c1-5-7-8-12-17(3)23-20(21-6-2)22-15-9-10-16-24-18(4)13-11-14-19(24)25/h11,13-14,17H,5-10,12,15-16H2,1-4H3,(H2,21,22,23). The maximum Gasteiger partial charge on any atom is 0.250 e. The van der Waals surface area contributed by atoms with Gasteiger partial charge in [0, 0.05) is 37.4 Å². The van der Waals surface area contributed by atoms with Crippen LogP contribution >= 0.6 is 0 Å². The average Bonchev–Trinajstić information content (AvgIpc) is 2.57. The molecule has 1 rings (SSSR count). The molecule has 1 atom stereocenters. The lowest BCUT2D eigenvalue weighted by Crippen LogP contribution is -2.42. The Morgan fingerprint density at radius 1 is 1.20 bits per heavy atom. The molecule has 0 aromatic carbocycles. The molecule has 0 spiro atoms. The Labute approximate surface area is 152 Å². The molecule has 0 radical (unpaired) electrons. The zero-order chi connectivity index (χ0) is 18.5. The highest BCUT2D eigenvalue weighted by atomic mass is 16.1. The maximum absolute atomic E-state index is 11.8. The highest BCUT2D eigenvalue weighted by Crippen LogP contribution is 2.03. The van der Waals surface area contributed by atoms with Crippen molar-refractivity contribution in [1.82, 2.24) is 15.2 Å². The van der Waals surface area contributed by atoms with Gasteiger partial charge in [0.1, 0.15) is 0 Å². The molecule has 0 saturated heterocycles. The highest BCUT2D eigenvalue weighted by Gasteiger charge is 2.04. The van der Waals surface area contributed by atoms with Crippen LogP contribution in [0.5, 0.6) is 0 Å². The van der Waals surface area contributed by atoms with E-state index in [1.807, 2.05) is 23.6 Å². The minimum Gasteiger partial charge on any atom is -0.357 e. The monoisotopic (exact) mass is 348 g/mol. The number of aromatic nitrogens is 1. The summed E-state index contributed by atoms with van der Waals surface area (Å²) in [6.07, 6.45) is 6.91. The smallest absolute Gasteiger partial charge is 0.250 e. The van der Waals surface area contributed by atoms with Crippen LogP contribution in [-0.4, -0.2) is 29.7 Å². The van der Waals surface area contributed by atoms with Crippen molar-refractivity contribution in [3.05, 3.63) is 34.2 Å². The number of nitrogens with zero attached hydrogens (tertiary/aromatic N) is 2. The number of aliphatic imine (C=N–C) groups is 1. The predicted molar refractivity (Wildman–Crippen MR) is 107 cm³/mol. The molecule has 1 heterocycles. The van der Waals surface area contributed by atoms with Crippen molar-refractivity contribution in [2.45, 2.75) is 78.8 Å². The number of hydrogen-bond donors (Lipinski definition) is 2. The summed E-state index contributed by atoms with van der Waals surface area (Å²) in [6.45, 7) is 10.9. The molecule has 5 nitrogen and oxygen atoms in total. The second-order valence-corrected chi connectivity index (χ2v) is 6.67. The van der Waals surface area contributed by atoms with Gasteiger partial charge in [-0.25, -0.2) is 0 Å². The molecular formula is C20H36N4O. The van der Waals surface area contributed by atoms with Crippen LogP contribution in [0, 0.1) is 6.92 Å².